The van der Waals surface area contributed by atoms with Gasteiger partial charge in [-0.3, -0.25) is 0 Å². The molecule has 1 fully saturated rings. The van der Waals surface area contributed by atoms with Crippen molar-refractivity contribution in [1.82, 2.24) is 10.2 Å². The van der Waals surface area contributed by atoms with Gasteiger partial charge in [-0.15, -0.1) is 0 Å². The van der Waals surface area contributed by atoms with E-state index in [1.165, 1.54) is 19.4 Å². The number of nitrogens with one attached hydrogen (secondary N) is 1. The van der Waals surface area contributed by atoms with Gasteiger partial charge in [0.2, 0.25) is 0 Å². The summed E-state index contributed by atoms with van der Waals surface area (Å²) < 4.78 is 0. The number of benzene rings is 1. The lowest BCUT2D eigenvalue weighted by molar-refractivity contribution is 0.285. The van der Waals surface area contributed by atoms with Crippen LogP contribution in [0.1, 0.15) is 31.4 Å². The van der Waals surface area contributed by atoms with E-state index >= 15 is 0 Å². The number of rotatable bonds is 5. The highest BCUT2D eigenvalue weighted by Crippen LogP contribution is 2.31. The molecule has 1 atom stereocenters. The molecule has 4 heteroatoms. The fourth-order valence-corrected chi connectivity index (χ4v) is 3.14. The Morgan fingerprint density at radius 2 is 2.00 bits per heavy atom. The van der Waals surface area contributed by atoms with Crippen molar-refractivity contribution in [3.8, 4) is 5.75 Å². The fraction of sp³-hybridized carbons (Fsp3) is 0.647. The second-order valence-corrected chi connectivity index (χ2v) is 6.45. The summed E-state index contributed by atoms with van der Waals surface area (Å²) in [5.74, 6) is 1.19. The lowest BCUT2D eigenvalue weighted by atomic mass is 9.95. The summed E-state index contributed by atoms with van der Waals surface area (Å²) in [6.45, 7) is 5.40. The van der Waals surface area contributed by atoms with Crippen molar-refractivity contribution in [3.05, 3.63) is 23.8 Å². The van der Waals surface area contributed by atoms with E-state index in [-0.39, 0.29) is 6.04 Å². The van der Waals surface area contributed by atoms with Gasteiger partial charge in [0.1, 0.15) is 5.75 Å². The quantitative estimate of drug-likeness (QED) is 0.874. The smallest absolute Gasteiger partial charge is 0.122 e. The molecule has 1 aromatic rings. The molecule has 0 spiro atoms. The molecule has 21 heavy (non-hydrogen) atoms. The van der Waals surface area contributed by atoms with Crippen molar-refractivity contribution >= 4 is 5.69 Å². The Morgan fingerprint density at radius 1 is 1.33 bits per heavy atom. The van der Waals surface area contributed by atoms with Gasteiger partial charge in [-0.2, -0.15) is 0 Å². The van der Waals surface area contributed by atoms with Crippen molar-refractivity contribution < 1.29 is 5.11 Å². The van der Waals surface area contributed by atoms with E-state index in [1.807, 2.05) is 19.2 Å². The fourth-order valence-electron chi connectivity index (χ4n) is 3.14. The van der Waals surface area contributed by atoms with Gasteiger partial charge < -0.3 is 20.2 Å². The maximum atomic E-state index is 10.2. The van der Waals surface area contributed by atoms with Gasteiger partial charge in [0.25, 0.3) is 0 Å². The van der Waals surface area contributed by atoms with Crippen LogP contribution in [0.15, 0.2) is 18.2 Å². The highest BCUT2D eigenvalue weighted by molar-refractivity contribution is 5.54. The topological polar surface area (TPSA) is 38.7 Å². The zero-order valence-electron chi connectivity index (χ0n) is 13.8. The summed E-state index contributed by atoms with van der Waals surface area (Å²) in [4.78, 5) is 4.67. The van der Waals surface area contributed by atoms with Crippen molar-refractivity contribution in [1.29, 1.82) is 0 Å². The third-order valence-electron chi connectivity index (χ3n) is 4.52. The number of phenols is 1. The van der Waals surface area contributed by atoms with Crippen LogP contribution >= 0.6 is 0 Å². The van der Waals surface area contributed by atoms with Crippen LogP contribution in [0.4, 0.5) is 5.69 Å². The molecular formula is C17H29N3O. The zero-order valence-corrected chi connectivity index (χ0v) is 13.8. The molecule has 1 aromatic carbocycles. The Morgan fingerprint density at radius 3 is 2.52 bits per heavy atom. The summed E-state index contributed by atoms with van der Waals surface area (Å²) >= 11 is 0. The van der Waals surface area contributed by atoms with E-state index < -0.39 is 0 Å². The van der Waals surface area contributed by atoms with E-state index in [0.717, 1.165) is 30.3 Å². The van der Waals surface area contributed by atoms with Crippen LogP contribution in [-0.4, -0.2) is 50.8 Å². The van der Waals surface area contributed by atoms with Gasteiger partial charge in [0, 0.05) is 43.0 Å². The Balaban J connectivity index is 1.99. The van der Waals surface area contributed by atoms with E-state index in [2.05, 4.69) is 42.2 Å². The van der Waals surface area contributed by atoms with Gasteiger partial charge in [-0.25, -0.2) is 0 Å². The van der Waals surface area contributed by atoms with Crippen molar-refractivity contribution in [3.63, 3.8) is 0 Å². The maximum Gasteiger partial charge on any atom is 0.122 e. The normalized spacial score (nSPS) is 18.2. The Labute approximate surface area is 128 Å². The largest absolute Gasteiger partial charge is 0.508 e. The van der Waals surface area contributed by atoms with Crippen LogP contribution in [0.5, 0.6) is 5.75 Å². The first-order valence-electron chi connectivity index (χ1n) is 7.91. The molecule has 0 aliphatic carbocycles. The monoisotopic (exact) mass is 291 g/mol. The Bertz CT molecular complexity index is 453. The van der Waals surface area contributed by atoms with Gasteiger partial charge >= 0.3 is 0 Å². The molecule has 1 heterocycles. The van der Waals surface area contributed by atoms with Gasteiger partial charge in [-0.05, 0) is 52.9 Å². The maximum absolute atomic E-state index is 10.2. The summed E-state index contributed by atoms with van der Waals surface area (Å²) in [6, 6.07) is 6.26. The minimum absolute atomic E-state index is 0.171. The van der Waals surface area contributed by atoms with Crippen LogP contribution in [0.3, 0.4) is 0 Å². The van der Waals surface area contributed by atoms with Crippen LogP contribution in [-0.2, 0) is 0 Å². The first-order valence-corrected chi connectivity index (χ1v) is 7.91. The summed E-state index contributed by atoms with van der Waals surface area (Å²) in [6.07, 6.45) is 2.46. The third kappa shape index (κ3) is 4.11. The zero-order chi connectivity index (χ0) is 15.4. The Kier molecular flexibility index (Phi) is 5.48. The highest BCUT2D eigenvalue weighted by atomic mass is 16.3. The van der Waals surface area contributed by atoms with E-state index in [0.29, 0.717) is 5.75 Å². The van der Waals surface area contributed by atoms with E-state index in [1.54, 1.807) is 0 Å². The molecule has 118 valence electrons. The molecule has 0 amide bonds. The number of anilines is 1. The van der Waals surface area contributed by atoms with Crippen molar-refractivity contribution in [2.75, 3.05) is 45.7 Å². The molecule has 4 nitrogen and oxygen atoms in total. The summed E-state index contributed by atoms with van der Waals surface area (Å²) in [5, 5.41) is 13.4. The SMILES string of the molecule is CNC(C)c1ccc(N2CCC(CN(C)C)CC2)cc1O. The molecule has 2 rings (SSSR count). The molecule has 0 saturated carbocycles. The summed E-state index contributed by atoms with van der Waals surface area (Å²) in [5.41, 5.74) is 2.10. The molecule has 0 bridgehead atoms. The number of piperidine rings is 1. The predicted molar refractivity (Wildman–Crippen MR) is 89.1 cm³/mol. The summed E-state index contributed by atoms with van der Waals surface area (Å²) in [7, 11) is 6.20. The minimum atomic E-state index is 0.171. The molecule has 1 aliphatic rings. The third-order valence-corrected chi connectivity index (χ3v) is 4.52. The number of aromatic hydroxyl groups is 1. The first-order chi connectivity index (χ1) is 10.0. The van der Waals surface area contributed by atoms with E-state index in [4.69, 9.17) is 0 Å². The number of hydrogen-bond acceptors (Lipinski definition) is 4. The second kappa shape index (κ2) is 7.14. The second-order valence-electron chi connectivity index (χ2n) is 6.45. The standard InChI is InChI=1S/C17H29N3O/c1-13(18-2)16-6-5-15(11-17(16)21)20-9-7-14(8-10-20)12-19(3)4/h5-6,11,13-14,18,21H,7-10,12H2,1-4H3. The predicted octanol–water partition coefficient (Wildman–Crippen LogP) is 2.45. The number of phenolic OH excluding ortho intramolecular Hbond substituents is 1. The molecular weight excluding hydrogens is 262 g/mol. The Hall–Kier alpha value is -1.26. The number of hydrogen-bond donors (Lipinski definition) is 2. The first kappa shape index (κ1) is 16.1. The van der Waals surface area contributed by atoms with Crippen molar-refractivity contribution in [2.45, 2.75) is 25.8 Å². The highest BCUT2D eigenvalue weighted by Gasteiger charge is 2.20. The number of nitrogens with zero attached hydrogens (tertiary/aromatic N) is 2. The molecule has 0 aromatic heterocycles. The molecule has 1 aliphatic heterocycles. The molecule has 1 saturated heterocycles. The molecule has 2 N–H and O–H groups in total. The van der Waals surface area contributed by atoms with Gasteiger partial charge in [-0.1, -0.05) is 6.07 Å². The van der Waals surface area contributed by atoms with Gasteiger partial charge in [0.05, 0.1) is 0 Å². The van der Waals surface area contributed by atoms with Gasteiger partial charge in [0.15, 0.2) is 0 Å². The molecule has 1 unspecified atom stereocenters. The van der Waals surface area contributed by atoms with Crippen LogP contribution < -0.4 is 10.2 Å². The van der Waals surface area contributed by atoms with Crippen LogP contribution in [0, 0.1) is 5.92 Å². The lowest BCUT2D eigenvalue weighted by Gasteiger charge is -2.35. The van der Waals surface area contributed by atoms with Crippen LogP contribution in [0.25, 0.3) is 0 Å². The van der Waals surface area contributed by atoms with Crippen molar-refractivity contribution in [2.24, 2.45) is 5.92 Å². The average Bonchev–Trinajstić information content (AvgIpc) is 2.46. The minimum Gasteiger partial charge on any atom is -0.508 e. The lowest BCUT2D eigenvalue weighted by Crippen LogP contribution is -2.37. The molecule has 0 radical (unpaired) electrons. The van der Waals surface area contributed by atoms with Crippen LogP contribution in [0.2, 0.25) is 0 Å². The van der Waals surface area contributed by atoms with E-state index in [9.17, 15) is 5.11 Å². The average molecular weight is 291 g/mol.